The van der Waals surface area contributed by atoms with Gasteiger partial charge in [-0.1, -0.05) is 24.3 Å². The van der Waals surface area contributed by atoms with Crippen molar-refractivity contribution >= 4 is 29.0 Å². The van der Waals surface area contributed by atoms with Crippen molar-refractivity contribution in [2.24, 2.45) is 0 Å². The summed E-state index contributed by atoms with van der Waals surface area (Å²) in [5, 5.41) is 1.88. The van der Waals surface area contributed by atoms with Crippen molar-refractivity contribution in [3.63, 3.8) is 0 Å². The molecule has 0 aliphatic carbocycles. The quantitative estimate of drug-likeness (QED) is 0.614. The third-order valence-electron chi connectivity index (χ3n) is 3.65. The van der Waals surface area contributed by atoms with Crippen LogP contribution in [0.15, 0.2) is 47.4 Å². The van der Waals surface area contributed by atoms with Crippen LogP contribution in [-0.2, 0) is 4.79 Å². The van der Waals surface area contributed by atoms with Crippen molar-refractivity contribution in [1.29, 1.82) is 0 Å². The fourth-order valence-electron chi connectivity index (χ4n) is 2.62. The average Bonchev–Trinajstić information content (AvgIpc) is 2.89. The van der Waals surface area contributed by atoms with Crippen molar-refractivity contribution < 1.29 is 19.1 Å². The lowest BCUT2D eigenvalue weighted by atomic mass is 10.1. The van der Waals surface area contributed by atoms with Crippen LogP contribution in [0, 0.1) is 13.8 Å². The molecule has 1 aliphatic heterocycles. The van der Waals surface area contributed by atoms with Crippen LogP contribution >= 0.6 is 11.8 Å². The van der Waals surface area contributed by atoms with Gasteiger partial charge in [-0.15, -0.1) is 0 Å². The zero-order chi connectivity index (χ0) is 18.5. The van der Waals surface area contributed by atoms with Crippen LogP contribution in [-0.4, -0.2) is 24.4 Å². The number of hydrogen-bond acceptors (Lipinski definition) is 5. The first-order valence-corrected chi connectivity index (χ1v) is 9.01. The maximum absolute atomic E-state index is 11.7. The molecule has 134 valence electrons. The Kier molecular flexibility index (Phi) is 5.63. The number of carbonyl (C=O) groups excluding carboxylic acids is 2. The molecule has 0 radical (unpaired) electrons. The fraction of sp³-hybridized carbons (Fsp3) is 0.200. The lowest BCUT2D eigenvalue weighted by Crippen LogP contribution is -2.17. The van der Waals surface area contributed by atoms with Crippen LogP contribution in [0.5, 0.6) is 11.5 Å². The molecule has 26 heavy (non-hydrogen) atoms. The van der Waals surface area contributed by atoms with Gasteiger partial charge >= 0.3 is 0 Å². The van der Waals surface area contributed by atoms with Gasteiger partial charge in [-0.25, -0.2) is 0 Å². The molecule has 0 atom stereocenters. The molecule has 1 heterocycles. The minimum absolute atomic E-state index is 0.359. The van der Waals surface area contributed by atoms with Gasteiger partial charge in [-0.3, -0.25) is 14.9 Å². The van der Waals surface area contributed by atoms with Gasteiger partial charge in [0.05, 0.1) is 4.91 Å². The van der Waals surface area contributed by atoms with E-state index in [9.17, 15) is 9.59 Å². The first-order chi connectivity index (χ1) is 12.5. The van der Waals surface area contributed by atoms with E-state index in [4.69, 9.17) is 9.47 Å². The maximum atomic E-state index is 11.7. The highest BCUT2D eigenvalue weighted by Crippen LogP contribution is 2.29. The van der Waals surface area contributed by atoms with Gasteiger partial charge in [0.15, 0.2) is 0 Å². The molecule has 2 amide bonds. The standard InChI is InChI=1S/C20H19NO4S/c1-13-9-14(2)11-16(10-13)24-7-8-25-17-6-4-3-5-15(17)12-18-19(22)21-20(23)26-18/h3-6,9-12H,7-8H2,1-2H3,(H,21,22,23)/b18-12+. The summed E-state index contributed by atoms with van der Waals surface area (Å²) in [5.74, 6) is 1.07. The zero-order valence-electron chi connectivity index (χ0n) is 14.6. The Hall–Kier alpha value is -2.73. The van der Waals surface area contributed by atoms with Crippen LogP contribution < -0.4 is 14.8 Å². The summed E-state index contributed by atoms with van der Waals surface area (Å²) in [5.41, 5.74) is 3.05. The average molecular weight is 369 g/mol. The SMILES string of the molecule is Cc1cc(C)cc(OCCOc2ccccc2/C=C2/SC(=O)NC2=O)c1. The number of rotatable bonds is 6. The van der Waals surface area contributed by atoms with Crippen LogP contribution in [0.1, 0.15) is 16.7 Å². The summed E-state index contributed by atoms with van der Waals surface area (Å²) in [6, 6.07) is 13.4. The van der Waals surface area contributed by atoms with Crippen LogP contribution in [0.25, 0.3) is 6.08 Å². The van der Waals surface area contributed by atoms with Gasteiger partial charge in [0, 0.05) is 5.56 Å². The summed E-state index contributed by atoms with van der Waals surface area (Å²) >= 11 is 0.887. The summed E-state index contributed by atoms with van der Waals surface area (Å²) in [4.78, 5) is 23.3. The van der Waals surface area contributed by atoms with Gasteiger partial charge in [0.2, 0.25) is 0 Å². The third-order valence-corrected chi connectivity index (χ3v) is 4.46. The van der Waals surface area contributed by atoms with Crippen LogP contribution in [0.2, 0.25) is 0 Å². The molecule has 0 spiro atoms. The number of thioether (sulfide) groups is 1. The molecular weight excluding hydrogens is 350 g/mol. The molecule has 0 unspecified atom stereocenters. The molecule has 2 aromatic rings. The van der Waals surface area contributed by atoms with E-state index in [1.165, 1.54) is 0 Å². The smallest absolute Gasteiger partial charge is 0.290 e. The molecule has 3 rings (SSSR count). The minimum Gasteiger partial charge on any atom is -0.490 e. The zero-order valence-corrected chi connectivity index (χ0v) is 15.4. The molecule has 0 saturated carbocycles. The first-order valence-electron chi connectivity index (χ1n) is 8.19. The summed E-state index contributed by atoms with van der Waals surface area (Å²) in [6.07, 6.45) is 1.66. The summed E-state index contributed by atoms with van der Waals surface area (Å²) in [6.45, 7) is 4.83. The predicted octanol–water partition coefficient (Wildman–Crippen LogP) is 4.09. The van der Waals surface area contributed by atoms with Gasteiger partial charge in [-0.05, 0) is 61.0 Å². The lowest BCUT2D eigenvalue weighted by molar-refractivity contribution is -0.115. The lowest BCUT2D eigenvalue weighted by Gasteiger charge is -2.11. The first kappa shape index (κ1) is 18.1. The van der Waals surface area contributed by atoms with E-state index >= 15 is 0 Å². The Morgan fingerprint density at radius 3 is 2.38 bits per heavy atom. The second-order valence-electron chi connectivity index (χ2n) is 5.91. The summed E-state index contributed by atoms with van der Waals surface area (Å²) < 4.78 is 11.5. The topological polar surface area (TPSA) is 64.6 Å². The molecule has 1 fully saturated rings. The van der Waals surface area contributed by atoms with E-state index in [1.54, 1.807) is 6.08 Å². The Labute approximate surface area is 156 Å². The highest BCUT2D eigenvalue weighted by atomic mass is 32.2. The number of nitrogens with one attached hydrogen (secondary N) is 1. The number of ether oxygens (including phenoxy) is 2. The highest BCUT2D eigenvalue weighted by molar-refractivity contribution is 8.18. The van der Waals surface area contributed by atoms with Crippen LogP contribution in [0.4, 0.5) is 4.79 Å². The second-order valence-corrected chi connectivity index (χ2v) is 6.93. The Morgan fingerprint density at radius 2 is 1.69 bits per heavy atom. The molecule has 6 heteroatoms. The highest BCUT2D eigenvalue weighted by Gasteiger charge is 2.25. The van der Waals surface area contributed by atoms with Crippen molar-refractivity contribution in [1.82, 2.24) is 5.32 Å². The number of amides is 2. The normalized spacial score (nSPS) is 15.2. The van der Waals surface area contributed by atoms with Gasteiger partial charge < -0.3 is 9.47 Å². The number of carbonyl (C=O) groups is 2. The Bertz CT molecular complexity index is 856. The van der Waals surface area contributed by atoms with E-state index in [2.05, 4.69) is 11.4 Å². The second kappa shape index (κ2) is 8.10. The van der Waals surface area contributed by atoms with E-state index in [-0.39, 0.29) is 11.1 Å². The number of hydrogen-bond donors (Lipinski definition) is 1. The van der Waals surface area contributed by atoms with Crippen LogP contribution in [0.3, 0.4) is 0 Å². The number of benzene rings is 2. The minimum atomic E-state index is -0.382. The molecule has 1 aliphatic rings. The largest absolute Gasteiger partial charge is 0.490 e. The molecule has 0 bridgehead atoms. The van der Waals surface area contributed by atoms with E-state index in [1.807, 2.05) is 50.2 Å². The number of aryl methyl sites for hydroxylation is 2. The Balaban J connectivity index is 1.61. The Morgan fingerprint density at radius 1 is 1.00 bits per heavy atom. The molecule has 1 N–H and O–H groups in total. The molecular formula is C20H19NO4S. The molecule has 2 aromatic carbocycles. The van der Waals surface area contributed by atoms with Crippen molar-refractivity contribution in [2.75, 3.05) is 13.2 Å². The van der Waals surface area contributed by atoms with E-state index in [0.717, 1.165) is 34.2 Å². The van der Waals surface area contributed by atoms with Crippen molar-refractivity contribution in [3.05, 3.63) is 64.1 Å². The molecule has 5 nitrogen and oxygen atoms in total. The van der Waals surface area contributed by atoms with Crippen molar-refractivity contribution in [3.8, 4) is 11.5 Å². The van der Waals surface area contributed by atoms with E-state index < -0.39 is 0 Å². The maximum Gasteiger partial charge on any atom is 0.290 e. The molecule has 0 aromatic heterocycles. The van der Waals surface area contributed by atoms with Crippen molar-refractivity contribution in [2.45, 2.75) is 13.8 Å². The van der Waals surface area contributed by atoms with Gasteiger partial charge in [-0.2, -0.15) is 0 Å². The monoisotopic (exact) mass is 369 g/mol. The number of para-hydroxylation sites is 1. The summed E-state index contributed by atoms with van der Waals surface area (Å²) in [7, 11) is 0. The number of imide groups is 1. The third kappa shape index (κ3) is 4.67. The van der Waals surface area contributed by atoms with Gasteiger partial charge in [0.25, 0.3) is 11.1 Å². The molecule has 1 saturated heterocycles. The predicted molar refractivity (Wildman–Crippen MR) is 102 cm³/mol. The van der Waals surface area contributed by atoms with E-state index in [0.29, 0.717) is 23.9 Å². The fourth-order valence-corrected chi connectivity index (χ4v) is 3.29. The van der Waals surface area contributed by atoms with Gasteiger partial charge in [0.1, 0.15) is 24.7 Å².